The van der Waals surface area contributed by atoms with Crippen LogP contribution in [0.25, 0.3) is 6.08 Å². The van der Waals surface area contributed by atoms with Gasteiger partial charge in [0.05, 0.1) is 18.8 Å². The molecule has 0 aliphatic carbocycles. The molecule has 0 unspecified atom stereocenters. The molecule has 8 heteroatoms. The number of rotatable bonds is 7. The van der Waals surface area contributed by atoms with Gasteiger partial charge >= 0.3 is 0 Å². The molecule has 3 heterocycles. The molecule has 0 atom stereocenters. The number of fused-ring (bicyclic) bond motifs is 1. The van der Waals surface area contributed by atoms with Crippen molar-refractivity contribution >= 4 is 36.1 Å². The van der Waals surface area contributed by atoms with Crippen LogP contribution in [0.1, 0.15) is 30.9 Å². The standard InChI is InChI=1S/C20H23N5O3/c1-13(21-3)8-14(2)24-28-17-11-25(12-17)19(27)7-4-15-9-16-5-6-18(26)23-20(16)22-10-15/h4,7,9-10,17H,1,3,5-6,8,11-12H2,2H3,(H,22,23,26). The van der Waals surface area contributed by atoms with E-state index in [1.54, 1.807) is 17.2 Å². The first-order valence-electron chi connectivity index (χ1n) is 9.04. The number of nitrogens with zero attached hydrogens (tertiary/aromatic N) is 4. The van der Waals surface area contributed by atoms with E-state index in [2.05, 4.69) is 33.7 Å². The highest BCUT2D eigenvalue weighted by atomic mass is 16.6. The fourth-order valence-corrected chi connectivity index (χ4v) is 2.87. The Hall–Kier alpha value is -3.29. The average Bonchev–Trinajstić information content (AvgIpc) is 2.64. The number of hydrogen-bond donors (Lipinski definition) is 1. The lowest BCUT2D eigenvalue weighted by Crippen LogP contribution is -2.53. The van der Waals surface area contributed by atoms with Crippen molar-refractivity contribution in [2.75, 3.05) is 18.4 Å². The normalized spacial score (nSPS) is 17.0. The summed E-state index contributed by atoms with van der Waals surface area (Å²) in [6.45, 7) is 9.97. The second kappa shape index (κ2) is 8.60. The highest BCUT2D eigenvalue weighted by molar-refractivity contribution is 5.94. The zero-order valence-corrected chi connectivity index (χ0v) is 15.9. The number of pyridine rings is 1. The molecule has 1 fully saturated rings. The Labute approximate surface area is 163 Å². The van der Waals surface area contributed by atoms with Crippen molar-refractivity contribution in [1.29, 1.82) is 0 Å². The average molecular weight is 381 g/mol. The van der Waals surface area contributed by atoms with E-state index in [1.807, 2.05) is 13.0 Å². The number of carbonyl (C=O) groups excluding carboxylic acids is 2. The molecule has 1 N–H and O–H groups in total. The number of allylic oxidation sites excluding steroid dienone is 1. The molecule has 0 saturated carbocycles. The van der Waals surface area contributed by atoms with Crippen molar-refractivity contribution in [3.8, 4) is 0 Å². The summed E-state index contributed by atoms with van der Waals surface area (Å²) in [7, 11) is 0. The number of nitrogens with one attached hydrogen (secondary N) is 1. The van der Waals surface area contributed by atoms with Crippen LogP contribution in [0.4, 0.5) is 5.82 Å². The zero-order valence-electron chi connectivity index (χ0n) is 15.9. The number of anilines is 1. The van der Waals surface area contributed by atoms with Crippen LogP contribution < -0.4 is 5.32 Å². The highest BCUT2D eigenvalue weighted by Crippen LogP contribution is 2.21. The summed E-state index contributed by atoms with van der Waals surface area (Å²) in [5, 5.41) is 6.78. The van der Waals surface area contributed by atoms with Crippen LogP contribution in [0.5, 0.6) is 0 Å². The third kappa shape index (κ3) is 4.91. The molecule has 1 aromatic heterocycles. The van der Waals surface area contributed by atoms with Gasteiger partial charge < -0.3 is 15.1 Å². The summed E-state index contributed by atoms with van der Waals surface area (Å²) < 4.78 is 0. The summed E-state index contributed by atoms with van der Waals surface area (Å²) in [5.74, 6) is 0.497. The Bertz CT molecular complexity index is 869. The van der Waals surface area contributed by atoms with Crippen LogP contribution in [0.3, 0.4) is 0 Å². The summed E-state index contributed by atoms with van der Waals surface area (Å²) in [6.07, 6.45) is 6.42. The number of aliphatic imine (C=N–C) groups is 1. The van der Waals surface area contributed by atoms with E-state index in [9.17, 15) is 9.59 Å². The lowest BCUT2D eigenvalue weighted by molar-refractivity contribution is -0.139. The second-order valence-electron chi connectivity index (χ2n) is 6.86. The Morgan fingerprint density at radius 2 is 2.25 bits per heavy atom. The predicted molar refractivity (Wildman–Crippen MR) is 108 cm³/mol. The smallest absolute Gasteiger partial charge is 0.246 e. The number of likely N-dealkylation sites (tertiary alicyclic amines) is 1. The lowest BCUT2D eigenvalue weighted by Gasteiger charge is -2.36. The maximum atomic E-state index is 12.2. The van der Waals surface area contributed by atoms with Crippen LogP contribution in [-0.2, 0) is 20.8 Å². The van der Waals surface area contributed by atoms with Crippen LogP contribution in [0.15, 0.2) is 40.8 Å². The van der Waals surface area contributed by atoms with Gasteiger partial charge in [-0.2, -0.15) is 0 Å². The molecular formula is C20H23N5O3. The van der Waals surface area contributed by atoms with Gasteiger partial charge in [0, 0.05) is 30.8 Å². The number of oxime groups is 1. The molecule has 0 radical (unpaired) electrons. The maximum Gasteiger partial charge on any atom is 0.246 e. The van der Waals surface area contributed by atoms with Gasteiger partial charge in [-0.05, 0) is 43.3 Å². The molecule has 3 rings (SSSR count). The molecular weight excluding hydrogens is 358 g/mol. The first-order valence-corrected chi connectivity index (χ1v) is 9.04. The molecule has 146 valence electrons. The molecule has 2 amide bonds. The number of hydrogen-bond acceptors (Lipinski definition) is 6. The first-order chi connectivity index (χ1) is 13.4. The quantitative estimate of drug-likeness (QED) is 0.445. The van der Waals surface area contributed by atoms with Gasteiger partial charge in [0.25, 0.3) is 0 Å². The Kier molecular flexibility index (Phi) is 5.98. The van der Waals surface area contributed by atoms with Crippen molar-refractivity contribution in [3.05, 3.63) is 41.7 Å². The van der Waals surface area contributed by atoms with Gasteiger partial charge in [-0.3, -0.25) is 14.6 Å². The molecule has 0 aromatic carbocycles. The van der Waals surface area contributed by atoms with Gasteiger partial charge in [0.15, 0.2) is 6.10 Å². The van der Waals surface area contributed by atoms with Gasteiger partial charge in [0.2, 0.25) is 11.8 Å². The molecule has 0 spiro atoms. The topological polar surface area (TPSA) is 96.2 Å². The SMILES string of the molecule is C=NC(=C)CC(C)=NOC1CN(C(=O)C=Cc2cnc3c(c2)CCC(=O)N3)C1. The largest absolute Gasteiger partial charge is 0.389 e. The first kappa shape index (κ1) is 19.5. The van der Waals surface area contributed by atoms with Crippen LogP contribution in [0.2, 0.25) is 0 Å². The summed E-state index contributed by atoms with van der Waals surface area (Å²) in [6, 6.07) is 1.94. The number of amides is 2. The fraction of sp³-hybridized carbons (Fsp3) is 0.350. The number of aromatic nitrogens is 1. The van der Waals surface area contributed by atoms with Crippen LogP contribution >= 0.6 is 0 Å². The molecule has 2 aliphatic rings. The summed E-state index contributed by atoms with van der Waals surface area (Å²) in [4.78, 5) is 38.7. The van der Waals surface area contributed by atoms with E-state index < -0.39 is 0 Å². The fourth-order valence-electron chi connectivity index (χ4n) is 2.87. The van der Waals surface area contributed by atoms with E-state index >= 15 is 0 Å². The number of carbonyl (C=O) groups is 2. The van der Waals surface area contributed by atoms with Crippen LogP contribution in [0, 0.1) is 0 Å². The Morgan fingerprint density at radius 1 is 1.46 bits per heavy atom. The Morgan fingerprint density at radius 3 is 3.00 bits per heavy atom. The minimum Gasteiger partial charge on any atom is -0.389 e. The second-order valence-corrected chi connectivity index (χ2v) is 6.86. The van der Waals surface area contributed by atoms with E-state index in [-0.39, 0.29) is 17.9 Å². The van der Waals surface area contributed by atoms with Crippen LogP contribution in [-0.4, -0.2) is 53.3 Å². The van der Waals surface area contributed by atoms with Gasteiger partial charge in [-0.1, -0.05) is 11.7 Å². The third-order valence-electron chi connectivity index (χ3n) is 4.49. The van der Waals surface area contributed by atoms with Crippen molar-refractivity contribution in [3.63, 3.8) is 0 Å². The minimum atomic E-state index is -0.105. The maximum absolute atomic E-state index is 12.2. The number of aryl methyl sites for hydroxylation is 1. The van der Waals surface area contributed by atoms with E-state index in [1.165, 1.54) is 6.08 Å². The van der Waals surface area contributed by atoms with Gasteiger partial charge in [0.1, 0.15) is 5.82 Å². The van der Waals surface area contributed by atoms with Crippen molar-refractivity contribution in [2.45, 2.75) is 32.3 Å². The van der Waals surface area contributed by atoms with E-state index in [0.29, 0.717) is 43.9 Å². The van der Waals surface area contributed by atoms with E-state index in [4.69, 9.17) is 4.84 Å². The molecule has 0 bridgehead atoms. The van der Waals surface area contributed by atoms with E-state index in [0.717, 1.165) is 16.8 Å². The highest BCUT2D eigenvalue weighted by Gasteiger charge is 2.31. The monoisotopic (exact) mass is 381 g/mol. The lowest BCUT2D eigenvalue weighted by atomic mass is 10.0. The van der Waals surface area contributed by atoms with Crippen molar-refractivity contribution < 1.29 is 14.4 Å². The molecule has 1 saturated heterocycles. The van der Waals surface area contributed by atoms with Gasteiger partial charge in [-0.25, -0.2) is 4.98 Å². The molecule has 2 aliphatic heterocycles. The third-order valence-corrected chi connectivity index (χ3v) is 4.49. The summed E-state index contributed by atoms with van der Waals surface area (Å²) >= 11 is 0. The Balaban J connectivity index is 1.46. The summed E-state index contributed by atoms with van der Waals surface area (Å²) in [5.41, 5.74) is 3.21. The predicted octanol–water partition coefficient (Wildman–Crippen LogP) is 2.19. The molecule has 8 nitrogen and oxygen atoms in total. The molecule has 1 aromatic rings. The van der Waals surface area contributed by atoms with Gasteiger partial charge in [-0.15, -0.1) is 0 Å². The van der Waals surface area contributed by atoms with Crippen molar-refractivity contribution in [2.24, 2.45) is 10.1 Å². The molecule has 28 heavy (non-hydrogen) atoms. The minimum absolute atomic E-state index is 0.0186. The van der Waals surface area contributed by atoms with Crippen molar-refractivity contribution in [1.82, 2.24) is 9.88 Å². The zero-order chi connectivity index (χ0) is 20.1.